The van der Waals surface area contributed by atoms with Gasteiger partial charge < -0.3 is 19.5 Å². The van der Waals surface area contributed by atoms with Gasteiger partial charge in [0.2, 0.25) is 0 Å². The van der Waals surface area contributed by atoms with Gasteiger partial charge in [0.1, 0.15) is 5.76 Å². The van der Waals surface area contributed by atoms with Gasteiger partial charge in [-0.1, -0.05) is 19.1 Å². The van der Waals surface area contributed by atoms with E-state index in [1.54, 1.807) is 6.26 Å². The van der Waals surface area contributed by atoms with E-state index in [-0.39, 0.29) is 0 Å². The standard InChI is InChI=1S/C20H27N3OS/c1-3-16-6-8-17(9-7-16)21-20(25)23(15-19-5-4-14-24-19)18-10-12-22(2)13-11-18/h4-9,14,18H,3,10-13,15H2,1-2H3,(H,21,25). The van der Waals surface area contributed by atoms with Crippen LogP contribution in [0.4, 0.5) is 5.69 Å². The second-order valence-corrected chi connectivity index (χ2v) is 7.11. The van der Waals surface area contributed by atoms with Crippen molar-refractivity contribution < 1.29 is 4.42 Å². The summed E-state index contributed by atoms with van der Waals surface area (Å²) in [5.41, 5.74) is 2.37. The van der Waals surface area contributed by atoms with Crippen molar-refractivity contribution in [1.29, 1.82) is 0 Å². The highest BCUT2D eigenvalue weighted by Crippen LogP contribution is 2.21. The van der Waals surface area contributed by atoms with Crippen LogP contribution in [0.3, 0.4) is 0 Å². The molecule has 0 atom stereocenters. The van der Waals surface area contributed by atoms with Gasteiger partial charge in [0, 0.05) is 11.7 Å². The van der Waals surface area contributed by atoms with Crippen LogP contribution in [-0.4, -0.2) is 41.1 Å². The molecule has 1 saturated heterocycles. The second kappa shape index (κ2) is 8.50. The van der Waals surface area contributed by atoms with Gasteiger partial charge in [0.15, 0.2) is 5.11 Å². The number of benzene rings is 1. The SMILES string of the molecule is CCc1ccc(NC(=S)N(Cc2ccco2)C2CCN(C)CC2)cc1. The summed E-state index contributed by atoms with van der Waals surface area (Å²) < 4.78 is 5.57. The average molecular weight is 358 g/mol. The predicted octanol–water partition coefficient (Wildman–Crippen LogP) is 4.14. The van der Waals surface area contributed by atoms with Crippen molar-refractivity contribution in [2.45, 2.75) is 38.8 Å². The Kier molecular flexibility index (Phi) is 6.10. The highest BCUT2D eigenvalue weighted by atomic mass is 32.1. The molecule has 25 heavy (non-hydrogen) atoms. The molecule has 134 valence electrons. The van der Waals surface area contributed by atoms with Crippen LogP contribution in [0.1, 0.15) is 31.1 Å². The fourth-order valence-electron chi connectivity index (χ4n) is 3.26. The molecule has 2 aromatic rings. The Labute approximate surface area is 155 Å². The number of hydrogen-bond acceptors (Lipinski definition) is 3. The van der Waals surface area contributed by atoms with Gasteiger partial charge in [-0.2, -0.15) is 0 Å². The molecule has 0 spiro atoms. The maximum absolute atomic E-state index is 5.76. The second-order valence-electron chi connectivity index (χ2n) is 6.72. The fourth-order valence-corrected chi connectivity index (χ4v) is 3.59. The topological polar surface area (TPSA) is 31.6 Å². The molecule has 1 aromatic carbocycles. The number of anilines is 1. The van der Waals surface area contributed by atoms with Crippen molar-refractivity contribution in [1.82, 2.24) is 9.80 Å². The van der Waals surface area contributed by atoms with Crippen molar-refractivity contribution in [3.63, 3.8) is 0 Å². The summed E-state index contributed by atoms with van der Waals surface area (Å²) in [6, 6.07) is 12.9. The summed E-state index contributed by atoms with van der Waals surface area (Å²) in [6.07, 6.45) is 5.01. The van der Waals surface area contributed by atoms with Crippen LogP contribution in [-0.2, 0) is 13.0 Å². The smallest absolute Gasteiger partial charge is 0.174 e. The van der Waals surface area contributed by atoms with Gasteiger partial charge in [-0.15, -0.1) is 0 Å². The third-order valence-electron chi connectivity index (χ3n) is 4.91. The molecule has 0 unspecified atom stereocenters. The number of likely N-dealkylation sites (tertiary alicyclic amines) is 1. The Morgan fingerprint density at radius 2 is 1.96 bits per heavy atom. The van der Waals surface area contributed by atoms with E-state index in [1.165, 1.54) is 5.56 Å². The first-order chi connectivity index (χ1) is 12.2. The Hall–Kier alpha value is -1.85. The predicted molar refractivity (Wildman–Crippen MR) is 107 cm³/mol. The molecule has 0 radical (unpaired) electrons. The number of aryl methyl sites for hydroxylation is 1. The largest absolute Gasteiger partial charge is 0.467 e. The molecule has 0 bridgehead atoms. The highest BCUT2D eigenvalue weighted by molar-refractivity contribution is 7.80. The van der Waals surface area contributed by atoms with Crippen molar-refractivity contribution in [3.8, 4) is 0 Å². The molecule has 0 saturated carbocycles. The van der Waals surface area contributed by atoms with Gasteiger partial charge in [0.05, 0.1) is 12.8 Å². The summed E-state index contributed by atoms with van der Waals surface area (Å²) in [5, 5.41) is 4.19. The summed E-state index contributed by atoms with van der Waals surface area (Å²) in [6.45, 7) is 5.08. The molecule has 4 nitrogen and oxygen atoms in total. The Morgan fingerprint density at radius 3 is 2.56 bits per heavy atom. The Bertz CT molecular complexity index is 661. The molecule has 1 N–H and O–H groups in total. The number of thiocarbonyl (C=S) groups is 1. The van der Waals surface area contributed by atoms with Crippen LogP contribution in [0, 0.1) is 0 Å². The van der Waals surface area contributed by atoms with E-state index in [0.29, 0.717) is 12.6 Å². The first-order valence-corrected chi connectivity index (χ1v) is 9.44. The van der Waals surface area contributed by atoms with Crippen LogP contribution < -0.4 is 5.32 Å². The molecule has 2 heterocycles. The molecular formula is C20H27N3OS. The normalized spacial score (nSPS) is 15.9. The quantitative estimate of drug-likeness (QED) is 0.813. The van der Waals surface area contributed by atoms with E-state index in [0.717, 1.165) is 48.9 Å². The van der Waals surface area contributed by atoms with Gasteiger partial charge in [-0.25, -0.2) is 0 Å². The van der Waals surface area contributed by atoms with Crippen LogP contribution in [0.2, 0.25) is 0 Å². The summed E-state index contributed by atoms with van der Waals surface area (Å²) in [7, 11) is 2.18. The molecule has 3 rings (SSSR count). The first kappa shape index (κ1) is 18.0. The lowest BCUT2D eigenvalue weighted by atomic mass is 10.0. The average Bonchev–Trinajstić information content (AvgIpc) is 3.14. The molecule has 1 aromatic heterocycles. The summed E-state index contributed by atoms with van der Waals surface area (Å²) in [4.78, 5) is 4.66. The molecule has 1 fully saturated rings. The third kappa shape index (κ3) is 4.83. The minimum Gasteiger partial charge on any atom is -0.467 e. The Morgan fingerprint density at radius 1 is 1.24 bits per heavy atom. The van der Waals surface area contributed by atoms with E-state index >= 15 is 0 Å². The first-order valence-electron chi connectivity index (χ1n) is 9.03. The highest BCUT2D eigenvalue weighted by Gasteiger charge is 2.26. The maximum atomic E-state index is 5.76. The number of nitrogens with zero attached hydrogens (tertiary/aromatic N) is 2. The van der Waals surface area contributed by atoms with E-state index in [1.807, 2.05) is 12.1 Å². The van der Waals surface area contributed by atoms with E-state index in [9.17, 15) is 0 Å². The zero-order valence-electron chi connectivity index (χ0n) is 15.1. The van der Waals surface area contributed by atoms with Gasteiger partial charge in [-0.3, -0.25) is 0 Å². The van der Waals surface area contributed by atoms with Gasteiger partial charge in [-0.05, 0) is 81.4 Å². The summed E-state index contributed by atoms with van der Waals surface area (Å²) in [5.74, 6) is 0.949. The number of piperidine rings is 1. The van der Waals surface area contributed by atoms with Crippen LogP contribution in [0.15, 0.2) is 47.1 Å². The minimum absolute atomic E-state index is 0.441. The minimum atomic E-state index is 0.441. The fraction of sp³-hybridized carbons (Fsp3) is 0.450. The van der Waals surface area contributed by atoms with Crippen molar-refractivity contribution in [2.24, 2.45) is 0 Å². The van der Waals surface area contributed by atoms with Crippen LogP contribution >= 0.6 is 12.2 Å². The zero-order valence-corrected chi connectivity index (χ0v) is 15.9. The van der Waals surface area contributed by atoms with Crippen LogP contribution in [0.5, 0.6) is 0 Å². The van der Waals surface area contributed by atoms with E-state index < -0.39 is 0 Å². The molecule has 5 heteroatoms. The monoisotopic (exact) mass is 357 g/mol. The number of rotatable bonds is 5. The third-order valence-corrected chi connectivity index (χ3v) is 5.25. The lowest BCUT2D eigenvalue weighted by molar-refractivity contribution is 0.168. The van der Waals surface area contributed by atoms with Gasteiger partial charge in [0.25, 0.3) is 0 Å². The maximum Gasteiger partial charge on any atom is 0.174 e. The molecule has 0 aliphatic carbocycles. The van der Waals surface area contributed by atoms with Crippen molar-refractivity contribution in [3.05, 3.63) is 54.0 Å². The molecule has 1 aliphatic rings. The lowest BCUT2D eigenvalue weighted by Gasteiger charge is -2.38. The van der Waals surface area contributed by atoms with E-state index in [2.05, 4.69) is 53.4 Å². The summed E-state index contributed by atoms with van der Waals surface area (Å²) >= 11 is 5.76. The molecule has 0 amide bonds. The van der Waals surface area contributed by atoms with Crippen LogP contribution in [0.25, 0.3) is 0 Å². The van der Waals surface area contributed by atoms with Crippen molar-refractivity contribution in [2.75, 3.05) is 25.5 Å². The Balaban J connectivity index is 1.71. The zero-order chi connectivity index (χ0) is 17.6. The number of hydrogen-bond donors (Lipinski definition) is 1. The van der Waals surface area contributed by atoms with Crippen molar-refractivity contribution >= 4 is 23.0 Å². The van der Waals surface area contributed by atoms with Gasteiger partial charge >= 0.3 is 0 Å². The molecular weight excluding hydrogens is 330 g/mol. The molecule has 1 aliphatic heterocycles. The van der Waals surface area contributed by atoms with E-state index in [4.69, 9.17) is 16.6 Å². The lowest BCUT2D eigenvalue weighted by Crippen LogP contribution is -2.47. The number of nitrogens with one attached hydrogen (secondary N) is 1. The number of furan rings is 1.